The molecule has 2 rings (SSSR count). The number of β-amino-alcohol motifs (C(OH)–C–C–N with tert-alkyl or cyclic N) is 1. The molecule has 1 aliphatic rings. The van der Waals surface area contributed by atoms with Crippen molar-refractivity contribution in [2.45, 2.75) is 18.9 Å². The summed E-state index contributed by atoms with van der Waals surface area (Å²) in [4.78, 5) is 13.4. The van der Waals surface area contributed by atoms with E-state index < -0.39 is 5.91 Å². The molecule has 0 saturated carbocycles. The molecule has 0 bridgehead atoms. The average Bonchev–Trinajstić information content (AvgIpc) is 2.28. The lowest BCUT2D eigenvalue weighted by Gasteiger charge is -2.33. The summed E-state index contributed by atoms with van der Waals surface area (Å²) in [6.45, 7) is 1.35. The van der Waals surface area contributed by atoms with Crippen LogP contribution in [-0.4, -0.2) is 30.2 Å². The van der Waals surface area contributed by atoms with Crippen LogP contribution in [0.15, 0.2) is 18.2 Å². The molecule has 1 saturated heterocycles. The van der Waals surface area contributed by atoms with Crippen molar-refractivity contribution < 1.29 is 9.90 Å². The van der Waals surface area contributed by atoms with Gasteiger partial charge in [-0.15, -0.1) is 0 Å². The molecule has 92 valence electrons. The molecule has 1 unspecified atom stereocenters. The Balaban J connectivity index is 2.33. The van der Waals surface area contributed by atoms with Gasteiger partial charge in [-0.25, -0.2) is 0 Å². The highest BCUT2D eigenvalue weighted by Crippen LogP contribution is 2.25. The zero-order valence-electron chi connectivity index (χ0n) is 9.60. The molecule has 17 heavy (non-hydrogen) atoms. The maximum absolute atomic E-state index is 11.4. The van der Waals surface area contributed by atoms with Crippen LogP contribution < -0.4 is 16.4 Å². The van der Waals surface area contributed by atoms with Crippen molar-refractivity contribution in [1.29, 1.82) is 0 Å². The smallest absolute Gasteiger partial charge is 0.250 e. The van der Waals surface area contributed by atoms with Crippen molar-refractivity contribution >= 4 is 17.3 Å². The number of rotatable bonds is 2. The van der Waals surface area contributed by atoms with Gasteiger partial charge in [0.05, 0.1) is 11.7 Å². The molecule has 0 aromatic heterocycles. The van der Waals surface area contributed by atoms with Crippen molar-refractivity contribution in [3.05, 3.63) is 23.8 Å². The van der Waals surface area contributed by atoms with Gasteiger partial charge in [0.15, 0.2) is 0 Å². The predicted octanol–water partition coefficient (Wildman–Crippen LogP) is 0.329. The van der Waals surface area contributed by atoms with Crippen molar-refractivity contribution in [1.82, 2.24) is 0 Å². The maximum Gasteiger partial charge on any atom is 0.250 e. The first kappa shape index (κ1) is 11.7. The summed E-state index contributed by atoms with van der Waals surface area (Å²) in [7, 11) is 0. The molecule has 0 aliphatic carbocycles. The first-order valence-corrected chi connectivity index (χ1v) is 5.70. The fourth-order valence-corrected chi connectivity index (χ4v) is 2.20. The molecule has 5 N–H and O–H groups in total. The first-order valence-electron chi connectivity index (χ1n) is 5.70. The van der Waals surface area contributed by atoms with Gasteiger partial charge in [0.1, 0.15) is 0 Å². The standard InChI is InChI=1S/C12H17N3O2/c13-8-3-4-11(10(6-8)12(14)17)15-5-1-2-9(16)7-15/h3-4,6,9,16H,1-2,5,7,13H2,(H2,14,17). The topological polar surface area (TPSA) is 92.6 Å². The van der Waals surface area contributed by atoms with E-state index in [1.807, 2.05) is 4.90 Å². The number of aliphatic hydroxyl groups excluding tert-OH is 1. The number of piperidine rings is 1. The zero-order valence-corrected chi connectivity index (χ0v) is 9.60. The number of carbonyl (C=O) groups excluding carboxylic acids is 1. The Kier molecular flexibility index (Phi) is 3.19. The van der Waals surface area contributed by atoms with Crippen molar-refractivity contribution in [3.8, 4) is 0 Å². The van der Waals surface area contributed by atoms with Gasteiger partial charge in [0.2, 0.25) is 0 Å². The second kappa shape index (κ2) is 4.63. The number of amides is 1. The Labute approximate surface area is 100 Å². The van der Waals surface area contributed by atoms with E-state index in [-0.39, 0.29) is 6.10 Å². The number of hydrogen-bond donors (Lipinski definition) is 3. The molecule has 0 radical (unpaired) electrons. The second-order valence-electron chi connectivity index (χ2n) is 4.38. The van der Waals surface area contributed by atoms with Crippen LogP contribution in [0.5, 0.6) is 0 Å². The van der Waals surface area contributed by atoms with Gasteiger partial charge in [-0.1, -0.05) is 0 Å². The third-order valence-electron chi connectivity index (χ3n) is 3.02. The van der Waals surface area contributed by atoms with Gasteiger partial charge in [0, 0.05) is 24.5 Å². The Morgan fingerprint density at radius 1 is 1.47 bits per heavy atom. The molecule has 1 aliphatic heterocycles. The maximum atomic E-state index is 11.4. The number of benzene rings is 1. The van der Waals surface area contributed by atoms with Crippen LogP contribution in [0, 0.1) is 0 Å². The summed E-state index contributed by atoms with van der Waals surface area (Å²) in [6, 6.07) is 5.11. The molecule has 1 fully saturated rings. The molecule has 1 amide bonds. The third-order valence-corrected chi connectivity index (χ3v) is 3.02. The van der Waals surface area contributed by atoms with E-state index in [1.54, 1.807) is 18.2 Å². The normalized spacial score (nSPS) is 20.3. The fraction of sp³-hybridized carbons (Fsp3) is 0.417. The Morgan fingerprint density at radius 2 is 2.24 bits per heavy atom. The Hall–Kier alpha value is -1.75. The van der Waals surface area contributed by atoms with Crippen LogP contribution in [0.2, 0.25) is 0 Å². The Bertz CT molecular complexity index is 434. The van der Waals surface area contributed by atoms with E-state index in [0.717, 1.165) is 25.1 Å². The van der Waals surface area contributed by atoms with E-state index in [4.69, 9.17) is 11.5 Å². The van der Waals surface area contributed by atoms with Gasteiger partial charge in [-0.2, -0.15) is 0 Å². The van der Waals surface area contributed by atoms with E-state index in [9.17, 15) is 9.90 Å². The first-order chi connectivity index (χ1) is 8.08. The number of nitrogen functional groups attached to an aromatic ring is 1. The fourth-order valence-electron chi connectivity index (χ4n) is 2.20. The molecule has 5 nitrogen and oxygen atoms in total. The van der Waals surface area contributed by atoms with E-state index in [0.29, 0.717) is 17.8 Å². The summed E-state index contributed by atoms with van der Waals surface area (Å²) in [6.07, 6.45) is 1.36. The number of hydrogen-bond acceptors (Lipinski definition) is 4. The van der Waals surface area contributed by atoms with Crippen molar-refractivity contribution in [3.63, 3.8) is 0 Å². The van der Waals surface area contributed by atoms with Gasteiger partial charge in [-0.3, -0.25) is 4.79 Å². The zero-order chi connectivity index (χ0) is 12.4. The lowest BCUT2D eigenvalue weighted by atomic mass is 10.0. The van der Waals surface area contributed by atoms with Crippen LogP contribution >= 0.6 is 0 Å². The van der Waals surface area contributed by atoms with Crippen LogP contribution in [0.25, 0.3) is 0 Å². The highest BCUT2D eigenvalue weighted by molar-refractivity contribution is 5.99. The summed E-state index contributed by atoms with van der Waals surface area (Å²) < 4.78 is 0. The Morgan fingerprint density at radius 3 is 2.88 bits per heavy atom. The van der Waals surface area contributed by atoms with Crippen LogP contribution in [0.4, 0.5) is 11.4 Å². The second-order valence-corrected chi connectivity index (χ2v) is 4.38. The lowest BCUT2D eigenvalue weighted by Crippen LogP contribution is -2.39. The number of aliphatic hydroxyl groups is 1. The highest BCUT2D eigenvalue weighted by Gasteiger charge is 2.21. The SMILES string of the molecule is NC(=O)c1cc(N)ccc1N1CCCC(O)C1. The average molecular weight is 235 g/mol. The summed E-state index contributed by atoms with van der Waals surface area (Å²) in [5.41, 5.74) is 12.7. The minimum atomic E-state index is -0.493. The molecule has 5 heteroatoms. The number of nitrogens with two attached hydrogens (primary N) is 2. The summed E-state index contributed by atoms with van der Waals surface area (Å²) in [5.74, 6) is -0.493. The third kappa shape index (κ3) is 2.50. The molecular formula is C12H17N3O2. The van der Waals surface area contributed by atoms with Crippen LogP contribution in [0.1, 0.15) is 23.2 Å². The molecule has 1 atom stereocenters. The predicted molar refractivity (Wildman–Crippen MR) is 66.8 cm³/mol. The molecule has 1 aromatic rings. The monoisotopic (exact) mass is 235 g/mol. The van der Waals surface area contributed by atoms with Gasteiger partial charge in [-0.05, 0) is 31.0 Å². The van der Waals surface area contributed by atoms with Crippen molar-refractivity contribution in [2.24, 2.45) is 5.73 Å². The van der Waals surface area contributed by atoms with Gasteiger partial charge < -0.3 is 21.5 Å². The lowest BCUT2D eigenvalue weighted by molar-refractivity contribution is 0.1000. The largest absolute Gasteiger partial charge is 0.399 e. The quantitative estimate of drug-likeness (QED) is 0.644. The molecule has 1 aromatic carbocycles. The molecule has 0 spiro atoms. The van der Waals surface area contributed by atoms with Gasteiger partial charge >= 0.3 is 0 Å². The van der Waals surface area contributed by atoms with Gasteiger partial charge in [0.25, 0.3) is 5.91 Å². The molecule has 1 heterocycles. The summed E-state index contributed by atoms with van der Waals surface area (Å²) in [5, 5.41) is 9.64. The van der Waals surface area contributed by atoms with Crippen molar-refractivity contribution in [2.75, 3.05) is 23.7 Å². The number of primary amides is 1. The number of nitrogens with zero attached hydrogens (tertiary/aromatic N) is 1. The molecular weight excluding hydrogens is 218 g/mol. The van der Waals surface area contributed by atoms with E-state index in [1.165, 1.54) is 0 Å². The number of carbonyl (C=O) groups is 1. The highest BCUT2D eigenvalue weighted by atomic mass is 16.3. The minimum Gasteiger partial charge on any atom is -0.399 e. The number of anilines is 2. The van der Waals surface area contributed by atoms with E-state index in [2.05, 4.69) is 0 Å². The van der Waals surface area contributed by atoms with E-state index >= 15 is 0 Å². The minimum absolute atomic E-state index is 0.345. The van der Waals surface area contributed by atoms with Crippen LogP contribution in [-0.2, 0) is 0 Å². The van der Waals surface area contributed by atoms with Crippen LogP contribution in [0.3, 0.4) is 0 Å². The summed E-state index contributed by atoms with van der Waals surface area (Å²) >= 11 is 0.